The quantitative estimate of drug-likeness (QED) is 0.755. The van der Waals surface area contributed by atoms with Crippen molar-refractivity contribution in [2.45, 2.75) is 19.8 Å². The molecular formula is C10H11BrOS. The summed E-state index contributed by atoms with van der Waals surface area (Å²) in [4.78, 5) is 12.4. The average molecular weight is 259 g/mol. The molecule has 1 nitrogen and oxygen atoms in total. The summed E-state index contributed by atoms with van der Waals surface area (Å²) in [7, 11) is 0. The lowest BCUT2D eigenvalue weighted by Crippen LogP contribution is -1.96. The van der Waals surface area contributed by atoms with Crippen LogP contribution in [0.2, 0.25) is 0 Å². The minimum Gasteiger partial charge on any atom is -0.294 e. The Morgan fingerprint density at radius 2 is 2.46 bits per heavy atom. The van der Waals surface area contributed by atoms with Crippen molar-refractivity contribution in [2.75, 3.05) is 0 Å². The molecule has 0 amide bonds. The van der Waals surface area contributed by atoms with Crippen LogP contribution in [0.15, 0.2) is 28.1 Å². The van der Waals surface area contributed by atoms with Gasteiger partial charge in [-0.2, -0.15) is 0 Å². The monoisotopic (exact) mass is 258 g/mol. The molecule has 13 heavy (non-hydrogen) atoms. The maximum atomic E-state index is 11.3. The molecular weight excluding hydrogens is 248 g/mol. The first-order valence-electron chi connectivity index (χ1n) is 4.15. The van der Waals surface area contributed by atoms with Crippen LogP contribution in [-0.4, -0.2) is 5.78 Å². The summed E-state index contributed by atoms with van der Waals surface area (Å²) in [6, 6.07) is 1.97. The highest BCUT2D eigenvalue weighted by Crippen LogP contribution is 2.23. The lowest BCUT2D eigenvalue weighted by atomic mass is 10.2. The van der Waals surface area contributed by atoms with Gasteiger partial charge in [0.05, 0.1) is 0 Å². The van der Waals surface area contributed by atoms with E-state index in [1.165, 1.54) is 0 Å². The first kappa shape index (κ1) is 10.7. The third-order valence-corrected chi connectivity index (χ3v) is 3.49. The van der Waals surface area contributed by atoms with Crippen molar-refractivity contribution < 1.29 is 4.79 Å². The molecule has 0 radical (unpaired) electrons. The van der Waals surface area contributed by atoms with Crippen molar-refractivity contribution in [3.05, 3.63) is 32.9 Å². The SMILES string of the molecule is CC/C=C/C(=O)Cc1sccc1Br. The molecule has 0 aliphatic rings. The number of halogens is 1. The van der Waals surface area contributed by atoms with Crippen LogP contribution in [-0.2, 0) is 11.2 Å². The number of carbonyl (C=O) groups is 1. The Hall–Kier alpha value is -0.410. The van der Waals surface area contributed by atoms with E-state index >= 15 is 0 Å². The van der Waals surface area contributed by atoms with E-state index in [0.717, 1.165) is 15.8 Å². The van der Waals surface area contributed by atoms with E-state index in [4.69, 9.17) is 0 Å². The molecule has 0 saturated carbocycles. The van der Waals surface area contributed by atoms with Crippen LogP contribution in [0.25, 0.3) is 0 Å². The second kappa shape index (κ2) is 5.35. The number of rotatable bonds is 4. The van der Waals surface area contributed by atoms with Crippen molar-refractivity contribution in [2.24, 2.45) is 0 Å². The van der Waals surface area contributed by atoms with Crippen LogP contribution in [0.5, 0.6) is 0 Å². The number of allylic oxidation sites excluding steroid dienone is 2. The average Bonchev–Trinajstić information content (AvgIpc) is 2.48. The molecule has 70 valence electrons. The summed E-state index contributed by atoms with van der Waals surface area (Å²) in [5.41, 5.74) is 0. The van der Waals surface area contributed by atoms with E-state index in [1.54, 1.807) is 17.4 Å². The van der Waals surface area contributed by atoms with E-state index in [-0.39, 0.29) is 5.78 Å². The largest absolute Gasteiger partial charge is 0.294 e. The summed E-state index contributed by atoms with van der Waals surface area (Å²) >= 11 is 5.01. The maximum Gasteiger partial charge on any atom is 0.160 e. The lowest BCUT2D eigenvalue weighted by molar-refractivity contribution is -0.114. The molecule has 0 atom stereocenters. The van der Waals surface area contributed by atoms with Gasteiger partial charge < -0.3 is 0 Å². The van der Waals surface area contributed by atoms with E-state index in [1.807, 2.05) is 24.4 Å². The molecule has 0 N–H and O–H groups in total. The lowest BCUT2D eigenvalue weighted by Gasteiger charge is -1.93. The molecule has 0 aliphatic carbocycles. The van der Waals surface area contributed by atoms with Crippen molar-refractivity contribution in [3.8, 4) is 0 Å². The summed E-state index contributed by atoms with van der Waals surface area (Å²) in [6.45, 7) is 2.02. The Morgan fingerprint density at radius 1 is 1.69 bits per heavy atom. The maximum absolute atomic E-state index is 11.3. The van der Waals surface area contributed by atoms with Crippen LogP contribution in [0.4, 0.5) is 0 Å². The zero-order valence-electron chi connectivity index (χ0n) is 7.42. The molecule has 1 aromatic heterocycles. The highest BCUT2D eigenvalue weighted by Gasteiger charge is 2.04. The molecule has 0 fully saturated rings. The van der Waals surface area contributed by atoms with Gasteiger partial charge in [0.25, 0.3) is 0 Å². The zero-order chi connectivity index (χ0) is 9.68. The Labute approximate surface area is 90.6 Å². The van der Waals surface area contributed by atoms with Gasteiger partial charge in [-0.15, -0.1) is 11.3 Å². The minimum absolute atomic E-state index is 0.171. The highest BCUT2D eigenvalue weighted by atomic mass is 79.9. The first-order valence-corrected chi connectivity index (χ1v) is 5.82. The van der Waals surface area contributed by atoms with Crippen LogP contribution >= 0.6 is 27.3 Å². The second-order valence-electron chi connectivity index (χ2n) is 2.65. The van der Waals surface area contributed by atoms with Crippen molar-refractivity contribution >= 4 is 33.0 Å². The molecule has 0 saturated heterocycles. The standard InChI is InChI=1S/C10H11BrOS/c1-2-3-4-8(12)7-10-9(11)5-6-13-10/h3-6H,2,7H2,1H3/b4-3+. The van der Waals surface area contributed by atoms with Gasteiger partial charge in [-0.1, -0.05) is 13.0 Å². The number of hydrogen-bond donors (Lipinski definition) is 0. The van der Waals surface area contributed by atoms with Gasteiger partial charge in [0, 0.05) is 15.8 Å². The van der Waals surface area contributed by atoms with Crippen molar-refractivity contribution in [1.82, 2.24) is 0 Å². The smallest absolute Gasteiger partial charge is 0.160 e. The predicted molar refractivity (Wildman–Crippen MR) is 60.2 cm³/mol. The number of thiophene rings is 1. The third kappa shape index (κ3) is 3.44. The molecule has 0 unspecified atom stereocenters. The van der Waals surface area contributed by atoms with Crippen molar-refractivity contribution in [3.63, 3.8) is 0 Å². The van der Waals surface area contributed by atoms with Crippen LogP contribution in [0, 0.1) is 0 Å². The third-order valence-electron chi connectivity index (χ3n) is 1.57. The summed E-state index contributed by atoms with van der Waals surface area (Å²) in [5.74, 6) is 0.171. The van der Waals surface area contributed by atoms with E-state index in [2.05, 4.69) is 15.9 Å². The molecule has 1 aromatic rings. The van der Waals surface area contributed by atoms with Gasteiger partial charge in [0.15, 0.2) is 5.78 Å². The van der Waals surface area contributed by atoms with Gasteiger partial charge in [-0.25, -0.2) is 0 Å². The Kier molecular flexibility index (Phi) is 4.39. The fourth-order valence-electron chi connectivity index (χ4n) is 0.918. The predicted octanol–water partition coefficient (Wildman–Crippen LogP) is 3.59. The van der Waals surface area contributed by atoms with Crippen LogP contribution < -0.4 is 0 Å². The molecule has 0 bridgehead atoms. The molecule has 3 heteroatoms. The molecule has 0 aromatic carbocycles. The van der Waals surface area contributed by atoms with Crippen LogP contribution in [0.3, 0.4) is 0 Å². The molecule has 1 rings (SSSR count). The van der Waals surface area contributed by atoms with Gasteiger partial charge >= 0.3 is 0 Å². The number of carbonyl (C=O) groups excluding carboxylic acids is 1. The number of ketones is 1. The second-order valence-corrected chi connectivity index (χ2v) is 4.50. The van der Waals surface area contributed by atoms with Gasteiger partial charge in [-0.05, 0) is 39.9 Å². The van der Waals surface area contributed by atoms with Crippen LogP contribution in [0.1, 0.15) is 18.2 Å². The first-order chi connectivity index (χ1) is 6.24. The number of hydrogen-bond acceptors (Lipinski definition) is 2. The van der Waals surface area contributed by atoms with Gasteiger partial charge in [-0.3, -0.25) is 4.79 Å². The fraction of sp³-hybridized carbons (Fsp3) is 0.300. The fourth-order valence-corrected chi connectivity index (χ4v) is 2.42. The summed E-state index contributed by atoms with van der Waals surface area (Å²) in [5, 5.41) is 1.98. The summed E-state index contributed by atoms with van der Waals surface area (Å²) in [6.07, 6.45) is 4.97. The van der Waals surface area contributed by atoms with Crippen molar-refractivity contribution in [1.29, 1.82) is 0 Å². The minimum atomic E-state index is 0.171. The highest BCUT2D eigenvalue weighted by molar-refractivity contribution is 9.10. The Balaban J connectivity index is 2.55. The zero-order valence-corrected chi connectivity index (χ0v) is 9.82. The Bertz CT molecular complexity index is 314. The molecule has 0 spiro atoms. The normalized spacial score (nSPS) is 10.9. The topological polar surface area (TPSA) is 17.1 Å². The molecule has 1 heterocycles. The van der Waals surface area contributed by atoms with Gasteiger partial charge in [0.1, 0.15) is 0 Å². The summed E-state index contributed by atoms with van der Waals surface area (Å²) < 4.78 is 1.04. The van der Waals surface area contributed by atoms with E-state index in [0.29, 0.717) is 6.42 Å². The van der Waals surface area contributed by atoms with Gasteiger partial charge in [0.2, 0.25) is 0 Å². The van der Waals surface area contributed by atoms with E-state index < -0.39 is 0 Å². The molecule has 0 aliphatic heterocycles. The Morgan fingerprint density at radius 3 is 3.00 bits per heavy atom. The van der Waals surface area contributed by atoms with E-state index in [9.17, 15) is 4.79 Å².